The number of benzene rings is 1. The van der Waals surface area contributed by atoms with Crippen molar-refractivity contribution in [2.24, 2.45) is 0 Å². The Labute approximate surface area is 91.9 Å². The zero-order chi connectivity index (χ0) is 11.3. The van der Waals surface area contributed by atoms with E-state index in [2.05, 4.69) is 5.32 Å². The van der Waals surface area contributed by atoms with Crippen molar-refractivity contribution in [2.45, 2.75) is 6.42 Å². The molecule has 0 radical (unpaired) electrons. The Morgan fingerprint density at radius 1 is 1.40 bits per heavy atom. The number of rotatable bonds is 4. The summed E-state index contributed by atoms with van der Waals surface area (Å²) in [7, 11) is 0. The van der Waals surface area contributed by atoms with Crippen molar-refractivity contribution in [1.29, 1.82) is 0 Å². The molecule has 1 amide bonds. The number of aliphatic carboxylic acids is 1. The smallest absolute Gasteiger partial charge is 0.307 e. The molecule has 4 nitrogen and oxygen atoms in total. The van der Waals surface area contributed by atoms with Crippen LogP contribution in [0, 0.1) is 0 Å². The van der Waals surface area contributed by atoms with Crippen molar-refractivity contribution in [3.8, 4) is 0 Å². The van der Waals surface area contributed by atoms with E-state index in [4.69, 9.17) is 16.7 Å². The molecular formula is C10H10ClNO3. The zero-order valence-electron chi connectivity index (χ0n) is 7.87. The number of anilines is 1. The minimum atomic E-state index is -0.907. The van der Waals surface area contributed by atoms with E-state index in [0.29, 0.717) is 11.3 Å². The van der Waals surface area contributed by atoms with E-state index in [1.54, 1.807) is 24.3 Å². The summed E-state index contributed by atoms with van der Waals surface area (Å²) in [4.78, 5) is 21.4. The highest BCUT2D eigenvalue weighted by atomic mass is 35.5. The maximum absolute atomic E-state index is 11.0. The summed E-state index contributed by atoms with van der Waals surface area (Å²) in [6, 6.07) is 6.65. The molecule has 0 saturated carbocycles. The normalized spacial score (nSPS) is 9.67. The highest BCUT2D eigenvalue weighted by molar-refractivity contribution is 6.29. The molecule has 5 heteroatoms. The van der Waals surface area contributed by atoms with Gasteiger partial charge in [-0.3, -0.25) is 9.59 Å². The van der Waals surface area contributed by atoms with Crippen LogP contribution in [0.2, 0.25) is 0 Å². The molecule has 0 aliphatic heterocycles. The van der Waals surface area contributed by atoms with Crippen molar-refractivity contribution in [2.75, 3.05) is 11.2 Å². The molecule has 0 saturated heterocycles. The van der Waals surface area contributed by atoms with Crippen LogP contribution in [-0.4, -0.2) is 22.9 Å². The number of carbonyl (C=O) groups is 2. The first-order valence-corrected chi connectivity index (χ1v) is 4.82. The molecule has 0 atom stereocenters. The fourth-order valence-corrected chi connectivity index (χ4v) is 1.19. The topological polar surface area (TPSA) is 66.4 Å². The molecule has 0 aliphatic carbocycles. The molecule has 0 aromatic heterocycles. The molecule has 0 bridgehead atoms. The van der Waals surface area contributed by atoms with Crippen LogP contribution in [0.3, 0.4) is 0 Å². The second-order valence-corrected chi connectivity index (χ2v) is 3.22. The molecular weight excluding hydrogens is 218 g/mol. The Morgan fingerprint density at radius 3 is 2.73 bits per heavy atom. The minimum absolute atomic E-state index is 0.0649. The van der Waals surface area contributed by atoms with Crippen molar-refractivity contribution < 1.29 is 14.7 Å². The largest absolute Gasteiger partial charge is 0.481 e. The Hall–Kier alpha value is -1.55. The summed E-state index contributed by atoms with van der Waals surface area (Å²) < 4.78 is 0. The Balaban J connectivity index is 2.74. The average Bonchev–Trinajstić information content (AvgIpc) is 2.17. The number of carbonyl (C=O) groups excluding carboxylic acids is 1. The summed E-state index contributed by atoms with van der Waals surface area (Å²) in [5, 5.41) is 11.1. The summed E-state index contributed by atoms with van der Waals surface area (Å²) in [5.41, 5.74) is 1.19. The number of halogens is 1. The summed E-state index contributed by atoms with van der Waals surface area (Å²) in [6.07, 6.45) is -0.0649. The first-order valence-electron chi connectivity index (χ1n) is 4.28. The maximum Gasteiger partial charge on any atom is 0.307 e. The van der Waals surface area contributed by atoms with E-state index in [-0.39, 0.29) is 18.2 Å². The summed E-state index contributed by atoms with van der Waals surface area (Å²) in [6.45, 7) is 0. The third-order valence-electron chi connectivity index (χ3n) is 1.69. The van der Waals surface area contributed by atoms with Crippen LogP contribution in [0.4, 0.5) is 5.69 Å². The average molecular weight is 228 g/mol. The predicted molar refractivity (Wildman–Crippen MR) is 57.1 cm³/mol. The van der Waals surface area contributed by atoms with E-state index in [0.717, 1.165) is 0 Å². The number of carboxylic acid groups (broad SMARTS) is 1. The standard InChI is InChI=1S/C10H10ClNO3/c11-6-9(13)12-8-3-1-2-7(4-8)5-10(14)15/h1-4H,5-6H2,(H,12,13)(H,14,15). The lowest BCUT2D eigenvalue weighted by Crippen LogP contribution is -2.12. The van der Waals surface area contributed by atoms with Crippen molar-refractivity contribution in [3.63, 3.8) is 0 Å². The number of nitrogens with one attached hydrogen (secondary N) is 1. The van der Waals surface area contributed by atoms with E-state index < -0.39 is 5.97 Å². The van der Waals surface area contributed by atoms with Gasteiger partial charge in [-0.25, -0.2) is 0 Å². The van der Waals surface area contributed by atoms with Crippen LogP contribution in [0.5, 0.6) is 0 Å². The van der Waals surface area contributed by atoms with Crippen LogP contribution in [-0.2, 0) is 16.0 Å². The lowest BCUT2D eigenvalue weighted by atomic mass is 10.1. The second kappa shape index (κ2) is 5.36. The monoisotopic (exact) mass is 227 g/mol. The fourth-order valence-electron chi connectivity index (χ4n) is 1.13. The van der Waals surface area contributed by atoms with Crippen LogP contribution in [0.25, 0.3) is 0 Å². The van der Waals surface area contributed by atoms with Gasteiger partial charge in [0.05, 0.1) is 6.42 Å². The second-order valence-electron chi connectivity index (χ2n) is 2.95. The van der Waals surface area contributed by atoms with Gasteiger partial charge in [-0.05, 0) is 17.7 Å². The van der Waals surface area contributed by atoms with Gasteiger partial charge in [0, 0.05) is 5.69 Å². The van der Waals surface area contributed by atoms with Gasteiger partial charge in [-0.1, -0.05) is 12.1 Å². The predicted octanol–water partition coefficient (Wildman–Crippen LogP) is 1.49. The third kappa shape index (κ3) is 3.99. The summed E-state index contributed by atoms with van der Waals surface area (Å²) >= 11 is 5.32. The van der Waals surface area contributed by atoms with Gasteiger partial charge in [0.25, 0.3) is 0 Å². The van der Waals surface area contributed by atoms with Crippen molar-refractivity contribution >= 4 is 29.2 Å². The lowest BCUT2D eigenvalue weighted by molar-refractivity contribution is -0.136. The van der Waals surface area contributed by atoms with E-state index in [1.165, 1.54) is 0 Å². The number of amides is 1. The Kier molecular flexibility index (Phi) is 4.12. The Morgan fingerprint density at radius 2 is 2.13 bits per heavy atom. The number of hydrogen-bond acceptors (Lipinski definition) is 2. The van der Waals surface area contributed by atoms with Gasteiger partial charge in [-0.2, -0.15) is 0 Å². The lowest BCUT2D eigenvalue weighted by Gasteiger charge is -2.04. The van der Waals surface area contributed by atoms with Crippen LogP contribution in [0.1, 0.15) is 5.56 Å². The molecule has 2 N–H and O–H groups in total. The van der Waals surface area contributed by atoms with Gasteiger partial charge >= 0.3 is 5.97 Å². The quantitative estimate of drug-likeness (QED) is 0.766. The van der Waals surface area contributed by atoms with Crippen LogP contribution < -0.4 is 5.32 Å². The van der Waals surface area contributed by atoms with E-state index >= 15 is 0 Å². The van der Waals surface area contributed by atoms with Gasteiger partial charge in [0.1, 0.15) is 5.88 Å². The molecule has 1 aromatic rings. The summed E-state index contributed by atoms with van der Waals surface area (Å²) in [5.74, 6) is -1.34. The molecule has 1 rings (SSSR count). The van der Waals surface area contributed by atoms with E-state index in [9.17, 15) is 9.59 Å². The van der Waals surface area contributed by atoms with Gasteiger partial charge in [-0.15, -0.1) is 11.6 Å². The number of carboxylic acids is 1. The molecule has 15 heavy (non-hydrogen) atoms. The highest BCUT2D eigenvalue weighted by Gasteiger charge is 2.03. The van der Waals surface area contributed by atoms with Crippen LogP contribution >= 0.6 is 11.6 Å². The highest BCUT2D eigenvalue weighted by Crippen LogP contribution is 2.11. The number of alkyl halides is 1. The SMILES string of the molecule is O=C(O)Cc1cccc(NC(=O)CCl)c1. The molecule has 0 spiro atoms. The molecule has 0 unspecified atom stereocenters. The zero-order valence-corrected chi connectivity index (χ0v) is 8.62. The first-order chi connectivity index (χ1) is 7.11. The Bertz CT molecular complexity index is 379. The molecule has 1 aromatic carbocycles. The van der Waals surface area contributed by atoms with Crippen molar-refractivity contribution in [1.82, 2.24) is 0 Å². The molecule has 0 fully saturated rings. The third-order valence-corrected chi connectivity index (χ3v) is 1.93. The van der Waals surface area contributed by atoms with E-state index in [1.807, 2.05) is 0 Å². The maximum atomic E-state index is 11.0. The molecule has 0 heterocycles. The number of hydrogen-bond donors (Lipinski definition) is 2. The van der Waals surface area contributed by atoms with Gasteiger partial charge in [0.15, 0.2) is 0 Å². The van der Waals surface area contributed by atoms with Gasteiger partial charge < -0.3 is 10.4 Å². The first kappa shape index (κ1) is 11.5. The van der Waals surface area contributed by atoms with Gasteiger partial charge in [0.2, 0.25) is 5.91 Å². The van der Waals surface area contributed by atoms with Crippen molar-refractivity contribution in [3.05, 3.63) is 29.8 Å². The molecule has 80 valence electrons. The fraction of sp³-hybridized carbons (Fsp3) is 0.200. The van der Waals surface area contributed by atoms with Crippen LogP contribution in [0.15, 0.2) is 24.3 Å². The molecule has 0 aliphatic rings. The minimum Gasteiger partial charge on any atom is -0.481 e.